The summed E-state index contributed by atoms with van der Waals surface area (Å²) in [6, 6.07) is 29.7. The summed E-state index contributed by atoms with van der Waals surface area (Å²) in [5.41, 5.74) is 5.39. The van der Waals surface area contributed by atoms with Crippen molar-refractivity contribution in [2.45, 2.75) is 26.4 Å². The monoisotopic (exact) mass is 534 g/mol. The minimum atomic E-state index is -0.832. The number of carbonyl (C=O) groups is 1. The number of aromatic nitrogens is 3. The Bertz CT molecular complexity index is 1600. The van der Waals surface area contributed by atoms with Crippen LogP contribution >= 0.6 is 11.3 Å². The lowest BCUT2D eigenvalue weighted by Crippen LogP contribution is -2.38. The molecular formula is C31H26N4O3S. The van der Waals surface area contributed by atoms with E-state index in [1.807, 2.05) is 105 Å². The first-order valence-electron chi connectivity index (χ1n) is 12.6. The maximum atomic E-state index is 13.5. The number of pyridine rings is 1. The predicted molar refractivity (Wildman–Crippen MR) is 151 cm³/mol. The maximum Gasteiger partial charge on any atom is 0.232 e. The van der Waals surface area contributed by atoms with E-state index in [1.165, 1.54) is 11.3 Å². The van der Waals surface area contributed by atoms with Gasteiger partial charge in [0.25, 0.3) is 0 Å². The van der Waals surface area contributed by atoms with E-state index in [0.717, 1.165) is 33.7 Å². The highest BCUT2D eigenvalue weighted by molar-refractivity contribution is 7.13. The van der Waals surface area contributed by atoms with Crippen LogP contribution in [0.1, 0.15) is 36.5 Å². The zero-order chi connectivity index (χ0) is 26.8. The van der Waals surface area contributed by atoms with Crippen LogP contribution in [0.15, 0.2) is 96.5 Å². The third kappa shape index (κ3) is 4.98. The summed E-state index contributed by atoms with van der Waals surface area (Å²) in [7, 11) is 0. The molecular weight excluding hydrogens is 508 g/mol. The van der Waals surface area contributed by atoms with Gasteiger partial charge in [-0.05, 0) is 42.0 Å². The van der Waals surface area contributed by atoms with Crippen LogP contribution < -0.4 is 14.8 Å². The van der Waals surface area contributed by atoms with E-state index in [4.69, 9.17) is 14.5 Å². The van der Waals surface area contributed by atoms with Gasteiger partial charge in [0.05, 0.1) is 11.1 Å². The molecule has 1 aliphatic heterocycles. The maximum absolute atomic E-state index is 13.5. The van der Waals surface area contributed by atoms with Gasteiger partial charge in [-0.1, -0.05) is 79.8 Å². The zero-order valence-electron chi connectivity index (χ0n) is 21.5. The third-order valence-electron chi connectivity index (χ3n) is 6.92. The number of nitrogens with zero attached hydrogens (tertiary/aromatic N) is 3. The lowest BCUT2D eigenvalue weighted by Gasteiger charge is -2.37. The number of benzene rings is 3. The molecule has 0 saturated heterocycles. The van der Waals surface area contributed by atoms with Gasteiger partial charge in [0.2, 0.25) is 16.9 Å². The molecule has 7 nitrogen and oxygen atoms in total. The molecule has 3 heterocycles. The average Bonchev–Trinajstić information content (AvgIpc) is 3.48. The third-order valence-corrected chi connectivity index (χ3v) is 7.53. The Morgan fingerprint density at radius 3 is 2.49 bits per heavy atom. The summed E-state index contributed by atoms with van der Waals surface area (Å²) < 4.78 is 12.2. The highest BCUT2D eigenvalue weighted by Crippen LogP contribution is 2.52. The predicted octanol–water partition coefficient (Wildman–Crippen LogP) is 7.08. The Hall–Kier alpha value is -4.56. The molecule has 5 aromatic rings. The van der Waals surface area contributed by atoms with E-state index >= 15 is 0 Å². The molecule has 0 unspecified atom stereocenters. The Kier molecular flexibility index (Phi) is 6.54. The Morgan fingerprint density at radius 1 is 0.949 bits per heavy atom. The fourth-order valence-electron chi connectivity index (χ4n) is 4.85. The zero-order valence-corrected chi connectivity index (χ0v) is 22.3. The summed E-state index contributed by atoms with van der Waals surface area (Å²) >= 11 is 1.29. The second-order valence-electron chi connectivity index (χ2n) is 9.88. The summed E-state index contributed by atoms with van der Waals surface area (Å²) in [4.78, 5) is 18.4. The molecule has 39 heavy (non-hydrogen) atoms. The van der Waals surface area contributed by atoms with Crippen molar-refractivity contribution >= 4 is 22.4 Å². The van der Waals surface area contributed by atoms with Gasteiger partial charge in [-0.2, -0.15) is 0 Å². The molecule has 1 amide bonds. The highest BCUT2D eigenvalue weighted by atomic mass is 32.1. The SMILES string of the molecule is CC(C)(C(=O)Nc1nncs1)[C@H]1c2ccccc2Oc2nc(-c3ccc(OCc4ccccc4)cc3)ccc21. The number of ether oxygens (including phenoxy) is 2. The van der Waals surface area contributed by atoms with Gasteiger partial charge in [0.1, 0.15) is 23.6 Å². The van der Waals surface area contributed by atoms with Gasteiger partial charge in [0.15, 0.2) is 0 Å². The topological polar surface area (TPSA) is 86.2 Å². The molecule has 0 bridgehead atoms. The molecule has 0 radical (unpaired) electrons. The molecule has 0 spiro atoms. The Labute approximate surface area is 230 Å². The van der Waals surface area contributed by atoms with Crippen LogP contribution in [0.2, 0.25) is 0 Å². The number of anilines is 1. The quantitative estimate of drug-likeness (QED) is 0.240. The first-order valence-corrected chi connectivity index (χ1v) is 13.5. The first kappa shape index (κ1) is 24.8. The molecule has 1 atom stereocenters. The van der Waals surface area contributed by atoms with Gasteiger partial charge < -0.3 is 14.8 Å². The van der Waals surface area contributed by atoms with Crippen molar-refractivity contribution in [3.05, 3.63) is 113 Å². The number of rotatable bonds is 7. The average molecular weight is 535 g/mol. The summed E-state index contributed by atoms with van der Waals surface area (Å²) in [5.74, 6) is 1.55. The first-order chi connectivity index (χ1) is 19.0. The van der Waals surface area contributed by atoms with E-state index in [1.54, 1.807) is 5.51 Å². The van der Waals surface area contributed by atoms with Gasteiger partial charge in [0, 0.05) is 22.6 Å². The number of nitrogens with one attached hydrogen (secondary N) is 1. The Morgan fingerprint density at radius 2 is 1.72 bits per heavy atom. The van der Waals surface area contributed by atoms with Crippen molar-refractivity contribution in [3.63, 3.8) is 0 Å². The molecule has 0 fully saturated rings. The van der Waals surface area contributed by atoms with Crippen molar-refractivity contribution in [2.75, 3.05) is 5.32 Å². The molecule has 8 heteroatoms. The number of hydrogen-bond donors (Lipinski definition) is 1. The molecule has 1 aliphatic rings. The van der Waals surface area contributed by atoms with Crippen LogP contribution in [-0.2, 0) is 11.4 Å². The molecule has 1 N–H and O–H groups in total. The number of fused-ring (bicyclic) bond motifs is 2. The van der Waals surface area contributed by atoms with Crippen LogP contribution in [0.3, 0.4) is 0 Å². The number of para-hydroxylation sites is 1. The lowest BCUT2D eigenvalue weighted by molar-refractivity contribution is -0.124. The van der Waals surface area contributed by atoms with Crippen LogP contribution in [0.4, 0.5) is 5.13 Å². The second kappa shape index (κ2) is 10.3. The minimum absolute atomic E-state index is 0.151. The van der Waals surface area contributed by atoms with Gasteiger partial charge in [-0.3, -0.25) is 4.79 Å². The smallest absolute Gasteiger partial charge is 0.232 e. The second-order valence-corrected chi connectivity index (χ2v) is 10.7. The van der Waals surface area contributed by atoms with Gasteiger partial charge in [-0.25, -0.2) is 4.98 Å². The number of hydrogen-bond acceptors (Lipinski definition) is 7. The van der Waals surface area contributed by atoms with E-state index < -0.39 is 5.41 Å². The van der Waals surface area contributed by atoms with Gasteiger partial charge in [-0.15, -0.1) is 10.2 Å². The minimum Gasteiger partial charge on any atom is -0.489 e. The molecule has 2 aromatic heterocycles. The standard InChI is InChI=1S/C31H26N4O3S/c1-31(2,29(36)34-30-35-32-19-39-30)27-23-10-6-7-11-26(23)38-28-24(27)16-17-25(33-28)21-12-14-22(15-13-21)37-18-20-8-4-3-5-9-20/h3-17,19,27H,18H2,1-2H3,(H,34,35,36)/t27-/m0/s1. The molecule has 3 aromatic carbocycles. The van der Waals surface area contributed by atoms with Crippen molar-refractivity contribution in [3.8, 4) is 28.6 Å². The molecule has 194 valence electrons. The molecule has 0 aliphatic carbocycles. The molecule has 6 rings (SSSR count). The van der Waals surface area contributed by atoms with Crippen LogP contribution in [0.5, 0.6) is 17.4 Å². The number of carbonyl (C=O) groups excluding carboxylic acids is 1. The van der Waals surface area contributed by atoms with Crippen molar-refractivity contribution in [1.29, 1.82) is 0 Å². The fraction of sp³-hybridized carbons (Fsp3) is 0.161. The largest absolute Gasteiger partial charge is 0.489 e. The van der Waals surface area contributed by atoms with Crippen LogP contribution in [-0.4, -0.2) is 21.1 Å². The van der Waals surface area contributed by atoms with E-state index in [2.05, 4.69) is 15.5 Å². The summed E-state index contributed by atoms with van der Waals surface area (Å²) in [6.45, 7) is 4.37. The molecule has 0 saturated carbocycles. The van der Waals surface area contributed by atoms with E-state index in [9.17, 15) is 4.79 Å². The van der Waals surface area contributed by atoms with Crippen LogP contribution in [0.25, 0.3) is 11.3 Å². The highest BCUT2D eigenvalue weighted by Gasteiger charge is 2.44. The summed E-state index contributed by atoms with van der Waals surface area (Å²) in [6.07, 6.45) is 0. The number of amides is 1. The van der Waals surface area contributed by atoms with Crippen molar-refractivity contribution in [2.24, 2.45) is 5.41 Å². The van der Waals surface area contributed by atoms with Crippen LogP contribution in [0, 0.1) is 5.41 Å². The van der Waals surface area contributed by atoms with E-state index in [-0.39, 0.29) is 11.8 Å². The summed E-state index contributed by atoms with van der Waals surface area (Å²) in [5, 5.41) is 11.2. The fourth-order valence-corrected chi connectivity index (χ4v) is 5.29. The van der Waals surface area contributed by atoms with Crippen molar-refractivity contribution < 1.29 is 14.3 Å². The van der Waals surface area contributed by atoms with Gasteiger partial charge >= 0.3 is 0 Å². The lowest BCUT2D eigenvalue weighted by atomic mass is 9.69. The van der Waals surface area contributed by atoms with E-state index in [0.29, 0.717) is 23.4 Å². The normalized spacial score (nSPS) is 14.1. The Balaban J connectivity index is 1.28. The van der Waals surface area contributed by atoms with Crippen molar-refractivity contribution in [1.82, 2.24) is 15.2 Å².